The van der Waals surface area contributed by atoms with Crippen LogP contribution in [0.2, 0.25) is 0 Å². The molecule has 23 heavy (non-hydrogen) atoms. The molecule has 1 atom stereocenters. The molecule has 0 N–H and O–H groups in total. The molecule has 2 aliphatic carbocycles. The highest BCUT2D eigenvalue weighted by Crippen LogP contribution is 2.35. The zero-order chi connectivity index (χ0) is 16.0. The summed E-state index contributed by atoms with van der Waals surface area (Å²) in [6.07, 6.45) is 1.92. The van der Waals surface area contributed by atoms with Gasteiger partial charge in [0.05, 0.1) is 6.42 Å². The van der Waals surface area contributed by atoms with E-state index in [1.807, 2.05) is 30.3 Å². The van der Waals surface area contributed by atoms with E-state index in [0.717, 1.165) is 51.3 Å². The van der Waals surface area contributed by atoms with Crippen LogP contribution >= 0.6 is 0 Å². The maximum Gasteiger partial charge on any atom is 0.390 e. The summed E-state index contributed by atoms with van der Waals surface area (Å²) in [7, 11) is 0. The summed E-state index contributed by atoms with van der Waals surface area (Å²) in [4.78, 5) is 0. The van der Waals surface area contributed by atoms with Gasteiger partial charge in [0.2, 0.25) is 0 Å². The van der Waals surface area contributed by atoms with E-state index in [9.17, 15) is 13.2 Å². The molecule has 4 rings (SSSR count). The predicted octanol–water partition coefficient (Wildman–Crippen LogP) is 3.92. The third-order valence-corrected chi connectivity index (χ3v) is 4.84. The molecule has 0 aliphatic heterocycles. The highest BCUT2D eigenvalue weighted by molar-refractivity contribution is 5.51. The number of rotatable bonds is 1. The van der Waals surface area contributed by atoms with Crippen LogP contribution in [0.25, 0.3) is 12.2 Å². The molecule has 0 nitrogen and oxygen atoms in total. The number of hydrogen-bond donors (Lipinski definition) is 0. The molecule has 2 aromatic rings. The average molecular weight is 314 g/mol. The lowest BCUT2D eigenvalue weighted by Crippen LogP contribution is -2.24. The molecule has 0 spiro atoms. The van der Waals surface area contributed by atoms with Crippen molar-refractivity contribution in [3.63, 3.8) is 0 Å². The van der Waals surface area contributed by atoms with Crippen molar-refractivity contribution in [3.8, 4) is 0 Å². The second-order valence-electron chi connectivity index (χ2n) is 6.37. The summed E-state index contributed by atoms with van der Waals surface area (Å²) in [6.45, 7) is 0. The Kier molecular flexibility index (Phi) is 3.33. The smallest absolute Gasteiger partial charge is 0.171 e. The van der Waals surface area contributed by atoms with E-state index in [4.69, 9.17) is 0 Å². The van der Waals surface area contributed by atoms with E-state index >= 15 is 0 Å². The van der Waals surface area contributed by atoms with Crippen LogP contribution < -0.4 is 10.4 Å². The first-order chi connectivity index (χ1) is 11.0. The molecule has 0 heterocycles. The number of benzene rings is 2. The van der Waals surface area contributed by atoms with Crippen LogP contribution in [0.4, 0.5) is 13.2 Å². The first-order valence-corrected chi connectivity index (χ1v) is 8.03. The minimum atomic E-state index is -4.16. The molecule has 118 valence electrons. The molecule has 3 heteroatoms. The molecule has 2 aliphatic rings. The van der Waals surface area contributed by atoms with Gasteiger partial charge in [0, 0.05) is 5.92 Å². The predicted molar refractivity (Wildman–Crippen MR) is 85.1 cm³/mol. The fraction of sp³-hybridized carbons (Fsp3) is 0.300. The summed E-state index contributed by atoms with van der Waals surface area (Å²) < 4.78 is 39.3. The van der Waals surface area contributed by atoms with E-state index in [-0.39, 0.29) is 0 Å². The maximum absolute atomic E-state index is 13.1. The fourth-order valence-corrected chi connectivity index (χ4v) is 3.94. The Balaban J connectivity index is 2.10. The van der Waals surface area contributed by atoms with Crippen molar-refractivity contribution in [2.75, 3.05) is 0 Å². The Labute approximate surface area is 132 Å². The van der Waals surface area contributed by atoms with Crippen molar-refractivity contribution < 1.29 is 13.2 Å². The number of alkyl halides is 3. The van der Waals surface area contributed by atoms with Gasteiger partial charge in [-0.15, -0.1) is 0 Å². The lowest BCUT2D eigenvalue weighted by molar-refractivity contribution is -0.135. The third-order valence-electron chi connectivity index (χ3n) is 4.84. The topological polar surface area (TPSA) is 0 Å². The van der Waals surface area contributed by atoms with Gasteiger partial charge in [0.15, 0.2) is 0 Å². The standard InChI is InChI=1S/C20H17F3/c21-20(22,23)12-15-11-14-6-2-3-7-16(14)18-10-9-13-5-1-4-8-17(13)19(15)18/h2-3,5-7,9-11,15H,1,4,8,12H2. The number of halogens is 3. The second-order valence-corrected chi connectivity index (χ2v) is 6.37. The Hall–Kier alpha value is -2.03. The molecule has 0 amide bonds. The minimum absolute atomic E-state index is 0.582. The summed E-state index contributed by atoms with van der Waals surface area (Å²) in [5.74, 6) is -0.582. The van der Waals surface area contributed by atoms with Crippen molar-refractivity contribution in [3.05, 3.63) is 68.4 Å². The first kappa shape index (κ1) is 14.6. The molecule has 0 saturated carbocycles. The zero-order valence-corrected chi connectivity index (χ0v) is 12.7. The summed E-state index contributed by atoms with van der Waals surface area (Å²) in [5.41, 5.74) is 2.02. The lowest BCUT2D eigenvalue weighted by atomic mass is 9.81. The molecule has 0 saturated heterocycles. The van der Waals surface area contributed by atoms with Crippen LogP contribution in [0.1, 0.15) is 36.3 Å². The highest BCUT2D eigenvalue weighted by atomic mass is 19.4. The van der Waals surface area contributed by atoms with E-state index in [1.54, 1.807) is 6.08 Å². The number of hydrogen-bond acceptors (Lipinski definition) is 0. The monoisotopic (exact) mass is 314 g/mol. The minimum Gasteiger partial charge on any atom is -0.171 e. The van der Waals surface area contributed by atoms with Gasteiger partial charge in [-0.2, -0.15) is 13.2 Å². The lowest BCUT2D eigenvalue weighted by Gasteiger charge is -2.24. The Bertz CT molecular complexity index is 967. The Morgan fingerprint density at radius 1 is 0.957 bits per heavy atom. The Morgan fingerprint density at radius 3 is 2.61 bits per heavy atom. The summed E-state index contributed by atoms with van der Waals surface area (Å²) in [5, 5.41) is 4.06. The fourth-order valence-electron chi connectivity index (χ4n) is 3.94. The van der Waals surface area contributed by atoms with Crippen LogP contribution in [0.5, 0.6) is 0 Å². The molecular formula is C20H17F3. The second kappa shape index (κ2) is 5.26. The van der Waals surface area contributed by atoms with Crippen molar-refractivity contribution in [1.29, 1.82) is 0 Å². The molecule has 0 radical (unpaired) electrons. The van der Waals surface area contributed by atoms with Gasteiger partial charge in [0.1, 0.15) is 0 Å². The molecule has 1 unspecified atom stereocenters. The molecule has 0 fully saturated rings. The molecule has 0 bridgehead atoms. The largest absolute Gasteiger partial charge is 0.390 e. The van der Waals surface area contributed by atoms with Gasteiger partial charge in [-0.3, -0.25) is 0 Å². The first-order valence-electron chi connectivity index (χ1n) is 8.03. The van der Waals surface area contributed by atoms with E-state index in [0.29, 0.717) is 0 Å². The van der Waals surface area contributed by atoms with Gasteiger partial charge in [-0.1, -0.05) is 48.6 Å². The van der Waals surface area contributed by atoms with E-state index < -0.39 is 18.5 Å². The average Bonchev–Trinajstić information content (AvgIpc) is 2.53. The van der Waals surface area contributed by atoms with Crippen LogP contribution in [0.15, 0.2) is 36.4 Å². The van der Waals surface area contributed by atoms with Gasteiger partial charge in [0.25, 0.3) is 0 Å². The molecular weight excluding hydrogens is 297 g/mol. The van der Waals surface area contributed by atoms with Gasteiger partial charge in [-0.05, 0) is 51.3 Å². The summed E-state index contributed by atoms with van der Waals surface area (Å²) in [6, 6.07) is 11.8. The van der Waals surface area contributed by atoms with Crippen LogP contribution in [-0.2, 0) is 6.42 Å². The van der Waals surface area contributed by atoms with Crippen LogP contribution in [0.3, 0.4) is 0 Å². The van der Waals surface area contributed by atoms with Gasteiger partial charge in [-0.25, -0.2) is 0 Å². The van der Waals surface area contributed by atoms with Crippen molar-refractivity contribution in [2.24, 2.45) is 0 Å². The van der Waals surface area contributed by atoms with E-state index in [2.05, 4.69) is 12.1 Å². The Morgan fingerprint density at radius 2 is 1.78 bits per heavy atom. The van der Waals surface area contributed by atoms with Crippen molar-refractivity contribution in [2.45, 2.75) is 37.8 Å². The quantitative estimate of drug-likeness (QED) is 0.748. The molecule has 2 aromatic carbocycles. The van der Waals surface area contributed by atoms with Crippen LogP contribution in [-0.4, -0.2) is 6.18 Å². The molecule has 0 aromatic heterocycles. The van der Waals surface area contributed by atoms with Crippen LogP contribution in [0, 0.1) is 10.4 Å². The highest BCUT2D eigenvalue weighted by Gasteiger charge is 2.33. The van der Waals surface area contributed by atoms with Crippen molar-refractivity contribution >= 4 is 12.2 Å². The summed E-state index contributed by atoms with van der Waals surface area (Å²) >= 11 is 0. The third kappa shape index (κ3) is 2.58. The van der Waals surface area contributed by atoms with Crippen molar-refractivity contribution in [1.82, 2.24) is 0 Å². The van der Waals surface area contributed by atoms with Gasteiger partial charge < -0.3 is 0 Å². The normalized spacial score (nSPS) is 19.0. The zero-order valence-electron chi connectivity index (χ0n) is 12.7. The number of fused-ring (bicyclic) bond motifs is 4. The van der Waals surface area contributed by atoms with Gasteiger partial charge >= 0.3 is 6.18 Å². The maximum atomic E-state index is 13.1. The van der Waals surface area contributed by atoms with E-state index in [1.165, 1.54) is 0 Å². The SMILES string of the molecule is FC(F)(F)CC1C=c2ccccc2=c2ccc3c(c21)CCCC=3.